The number of hydrogen-bond acceptors (Lipinski definition) is 4. The van der Waals surface area contributed by atoms with Gasteiger partial charge in [0, 0.05) is 13.0 Å². The smallest absolute Gasteiger partial charge is 0.398 e. The van der Waals surface area contributed by atoms with Crippen LogP contribution in [-0.4, -0.2) is 33.1 Å². The predicted octanol–water partition coefficient (Wildman–Crippen LogP) is 3.21. The van der Waals surface area contributed by atoms with E-state index in [1.54, 1.807) is 0 Å². The molecule has 120 valence electrons. The maximum Gasteiger partial charge on any atom is 0.525 e. The minimum atomic E-state index is -0.900. The van der Waals surface area contributed by atoms with E-state index in [2.05, 4.69) is 10.2 Å². The fourth-order valence-corrected chi connectivity index (χ4v) is 2.89. The zero-order chi connectivity index (χ0) is 16.3. The quantitative estimate of drug-likeness (QED) is 0.670. The number of aromatic amines is 1. The summed E-state index contributed by atoms with van der Waals surface area (Å²) in [6.07, 6.45) is 1.26. The van der Waals surface area contributed by atoms with Crippen LogP contribution in [0.3, 0.4) is 0 Å². The SMILES string of the molecule is Cn1c(C2CC(=C(F)B3OC(C)(C)C(C)(C)O3)C2)n[nH]c1=S. The van der Waals surface area contributed by atoms with Gasteiger partial charge < -0.3 is 13.9 Å². The molecule has 1 N–H and O–H groups in total. The second kappa shape index (κ2) is 5.01. The first-order valence-corrected chi connectivity index (χ1v) is 7.87. The molecule has 0 radical (unpaired) electrons. The van der Waals surface area contributed by atoms with E-state index >= 15 is 0 Å². The van der Waals surface area contributed by atoms with Crippen LogP contribution in [0.4, 0.5) is 4.39 Å². The van der Waals surface area contributed by atoms with Gasteiger partial charge in [-0.05, 0) is 58.3 Å². The standard InChI is InChI=1S/C14H21BFN3O2S/c1-13(2)14(3,4)21-15(20-13)10(16)8-6-9(7-8)11-17-18-12(22)19(11)5/h9H,6-7H2,1-5H3,(H,18,22). The second-order valence-corrected chi connectivity index (χ2v) is 7.48. The van der Waals surface area contributed by atoms with Gasteiger partial charge in [-0.1, -0.05) is 0 Å². The van der Waals surface area contributed by atoms with Gasteiger partial charge in [0.25, 0.3) is 0 Å². The van der Waals surface area contributed by atoms with Crippen molar-refractivity contribution in [1.29, 1.82) is 0 Å². The van der Waals surface area contributed by atoms with E-state index in [0.717, 1.165) is 11.4 Å². The van der Waals surface area contributed by atoms with Crippen LogP contribution in [0.25, 0.3) is 0 Å². The van der Waals surface area contributed by atoms with E-state index in [1.165, 1.54) is 0 Å². The molecule has 8 heteroatoms. The molecule has 3 rings (SSSR count). The van der Waals surface area contributed by atoms with E-state index in [0.29, 0.717) is 17.6 Å². The van der Waals surface area contributed by atoms with Crippen molar-refractivity contribution < 1.29 is 13.7 Å². The van der Waals surface area contributed by atoms with E-state index in [9.17, 15) is 4.39 Å². The molecule has 1 saturated carbocycles. The number of aromatic nitrogens is 3. The molecule has 22 heavy (non-hydrogen) atoms. The van der Waals surface area contributed by atoms with Crippen molar-refractivity contribution in [3.63, 3.8) is 0 Å². The zero-order valence-corrected chi connectivity index (χ0v) is 14.4. The number of nitrogens with zero attached hydrogens (tertiary/aromatic N) is 2. The largest absolute Gasteiger partial charge is 0.525 e. The Hall–Kier alpha value is -0.985. The number of rotatable bonds is 2. The van der Waals surface area contributed by atoms with Crippen molar-refractivity contribution >= 4 is 19.3 Å². The molecule has 5 nitrogen and oxygen atoms in total. The van der Waals surface area contributed by atoms with Crippen LogP contribution in [0.2, 0.25) is 0 Å². The number of allylic oxidation sites excluding steroid dienone is 1. The molecule has 2 heterocycles. The summed E-state index contributed by atoms with van der Waals surface area (Å²) in [7, 11) is 0.969. The van der Waals surface area contributed by atoms with E-state index in [1.807, 2.05) is 39.3 Å². The van der Waals surface area contributed by atoms with Gasteiger partial charge in [-0.15, -0.1) is 0 Å². The average Bonchev–Trinajstić information content (AvgIpc) is 2.78. The minimum Gasteiger partial charge on any atom is -0.398 e. The first-order valence-electron chi connectivity index (χ1n) is 7.47. The van der Waals surface area contributed by atoms with Crippen LogP contribution in [0.15, 0.2) is 11.3 Å². The predicted molar refractivity (Wildman–Crippen MR) is 84.6 cm³/mol. The van der Waals surface area contributed by atoms with Gasteiger partial charge in [0.1, 0.15) is 11.6 Å². The van der Waals surface area contributed by atoms with Gasteiger partial charge in [0.15, 0.2) is 4.77 Å². The topological polar surface area (TPSA) is 52.1 Å². The summed E-state index contributed by atoms with van der Waals surface area (Å²) in [5, 5.41) is 6.98. The highest BCUT2D eigenvalue weighted by molar-refractivity contribution is 7.71. The monoisotopic (exact) mass is 325 g/mol. The molecular formula is C14H21BFN3O2S. The number of hydrogen-bond donors (Lipinski definition) is 1. The maximum atomic E-state index is 14.6. The Balaban J connectivity index is 1.73. The second-order valence-electron chi connectivity index (χ2n) is 7.09. The third-order valence-electron chi connectivity index (χ3n) is 5.06. The molecule has 0 atom stereocenters. The first-order chi connectivity index (χ1) is 10.1. The lowest BCUT2D eigenvalue weighted by atomic mass is 9.72. The Kier molecular flexibility index (Phi) is 3.62. The highest BCUT2D eigenvalue weighted by atomic mass is 32.1. The molecule has 0 spiro atoms. The van der Waals surface area contributed by atoms with Gasteiger partial charge in [-0.3, -0.25) is 5.10 Å². The Morgan fingerprint density at radius 3 is 2.32 bits per heavy atom. The van der Waals surface area contributed by atoms with E-state index < -0.39 is 18.3 Å². The van der Waals surface area contributed by atoms with Crippen LogP contribution in [-0.2, 0) is 16.4 Å². The lowest BCUT2D eigenvalue weighted by molar-refractivity contribution is 0.00578. The fourth-order valence-electron chi connectivity index (χ4n) is 2.75. The number of H-pyrrole nitrogens is 1. The van der Waals surface area contributed by atoms with Gasteiger partial charge in [-0.25, -0.2) is 4.39 Å². The normalized spacial score (nSPS) is 26.2. The van der Waals surface area contributed by atoms with Crippen LogP contribution in [0.5, 0.6) is 0 Å². The molecule has 0 bridgehead atoms. The molecule has 1 aliphatic carbocycles. The first kappa shape index (κ1) is 15.9. The fraction of sp³-hybridized carbons (Fsp3) is 0.714. The summed E-state index contributed by atoms with van der Waals surface area (Å²) in [6, 6.07) is 0. The minimum absolute atomic E-state index is 0.195. The van der Waals surface area contributed by atoms with E-state index in [-0.39, 0.29) is 11.6 Å². The Labute approximate surface area is 135 Å². The van der Waals surface area contributed by atoms with Crippen molar-refractivity contribution in [2.24, 2.45) is 7.05 Å². The van der Waals surface area contributed by atoms with Crippen LogP contribution in [0, 0.1) is 4.77 Å². The molecule has 1 saturated heterocycles. The Morgan fingerprint density at radius 1 is 1.32 bits per heavy atom. The van der Waals surface area contributed by atoms with Crippen LogP contribution in [0.1, 0.15) is 52.3 Å². The van der Waals surface area contributed by atoms with Crippen molar-refractivity contribution in [2.45, 2.75) is 57.7 Å². The van der Waals surface area contributed by atoms with Crippen molar-refractivity contribution in [1.82, 2.24) is 14.8 Å². The lowest BCUT2D eigenvalue weighted by Gasteiger charge is -2.32. The summed E-state index contributed by atoms with van der Waals surface area (Å²) in [5.41, 5.74) is -0.584. The third kappa shape index (κ3) is 2.37. The van der Waals surface area contributed by atoms with Gasteiger partial charge in [0.05, 0.1) is 11.2 Å². The van der Waals surface area contributed by atoms with Crippen LogP contribution < -0.4 is 0 Å². The molecule has 1 aliphatic heterocycles. The number of halogens is 1. The maximum absolute atomic E-state index is 14.6. The van der Waals surface area contributed by atoms with Crippen molar-refractivity contribution in [3.05, 3.63) is 21.9 Å². The molecular weight excluding hydrogens is 304 g/mol. The molecule has 1 aromatic heterocycles. The summed E-state index contributed by atoms with van der Waals surface area (Å²) in [6.45, 7) is 7.68. The van der Waals surface area contributed by atoms with Gasteiger partial charge in [0.2, 0.25) is 0 Å². The third-order valence-corrected chi connectivity index (χ3v) is 5.43. The van der Waals surface area contributed by atoms with Gasteiger partial charge in [-0.2, -0.15) is 5.10 Å². The van der Waals surface area contributed by atoms with Crippen molar-refractivity contribution in [3.8, 4) is 0 Å². The average molecular weight is 325 g/mol. The summed E-state index contributed by atoms with van der Waals surface area (Å²) < 4.78 is 28.5. The summed E-state index contributed by atoms with van der Waals surface area (Å²) in [4.78, 5) is 0. The number of nitrogens with one attached hydrogen (secondary N) is 1. The summed E-state index contributed by atoms with van der Waals surface area (Å²) >= 11 is 5.10. The molecule has 2 aliphatic rings. The Bertz CT molecular complexity index is 671. The Morgan fingerprint density at radius 2 is 1.86 bits per heavy atom. The van der Waals surface area contributed by atoms with Crippen molar-refractivity contribution in [2.75, 3.05) is 0 Å². The molecule has 1 aromatic rings. The molecule has 0 unspecified atom stereocenters. The highest BCUT2D eigenvalue weighted by Crippen LogP contribution is 2.45. The molecule has 0 aromatic carbocycles. The van der Waals surface area contributed by atoms with Crippen LogP contribution >= 0.6 is 12.2 Å². The zero-order valence-electron chi connectivity index (χ0n) is 13.6. The summed E-state index contributed by atoms with van der Waals surface area (Å²) in [5.74, 6) is 1.07. The molecule has 2 fully saturated rings. The molecule has 0 amide bonds. The highest BCUT2D eigenvalue weighted by Gasteiger charge is 2.54. The lowest BCUT2D eigenvalue weighted by Crippen LogP contribution is -2.41. The van der Waals surface area contributed by atoms with E-state index in [4.69, 9.17) is 21.5 Å². The van der Waals surface area contributed by atoms with Gasteiger partial charge >= 0.3 is 7.12 Å².